The van der Waals surface area contributed by atoms with Crippen LogP contribution in [0.25, 0.3) is 5.76 Å². The highest BCUT2D eigenvalue weighted by molar-refractivity contribution is 6.46. The minimum absolute atomic E-state index is 0.0987. The van der Waals surface area contributed by atoms with Gasteiger partial charge in [-0.15, -0.1) is 0 Å². The number of rotatable bonds is 11. The Morgan fingerprint density at radius 2 is 1.51 bits per heavy atom. The van der Waals surface area contributed by atoms with Gasteiger partial charge in [0.2, 0.25) is 11.5 Å². The molecule has 1 saturated heterocycles. The van der Waals surface area contributed by atoms with Gasteiger partial charge < -0.3 is 33.9 Å². The van der Waals surface area contributed by atoms with Gasteiger partial charge in [-0.05, 0) is 61.7 Å². The van der Waals surface area contributed by atoms with Crippen LogP contribution in [0.4, 0.5) is 0 Å². The van der Waals surface area contributed by atoms with E-state index in [2.05, 4.69) is 13.8 Å². The van der Waals surface area contributed by atoms with Crippen LogP contribution in [0.5, 0.6) is 23.0 Å². The van der Waals surface area contributed by atoms with E-state index < -0.39 is 23.5 Å². The lowest BCUT2D eigenvalue weighted by molar-refractivity contribution is -0.895. The summed E-state index contributed by atoms with van der Waals surface area (Å²) >= 11 is 0. The van der Waals surface area contributed by atoms with E-state index in [0.717, 1.165) is 18.7 Å². The van der Waals surface area contributed by atoms with Crippen LogP contribution in [0.15, 0.2) is 35.9 Å². The lowest BCUT2D eigenvalue weighted by Crippen LogP contribution is -3.12. The van der Waals surface area contributed by atoms with Gasteiger partial charge in [0.1, 0.15) is 5.75 Å². The van der Waals surface area contributed by atoms with E-state index >= 15 is 0 Å². The van der Waals surface area contributed by atoms with E-state index in [1.54, 1.807) is 37.4 Å². The van der Waals surface area contributed by atoms with Crippen LogP contribution in [-0.4, -0.2) is 71.2 Å². The molecule has 3 rings (SSSR count). The first-order valence-electron chi connectivity index (χ1n) is 12.3. The van der Waals surface area contributed by atoms with E-state index in [1.165, 1.54) is 31.1 Å². The van der Waals surface area contributed by atoms with Gasteiger partial charge in [-0.1, -0.05) is 11.8 Å². The summed E-state index contributed by atoms with van der Waals surface area (Å²) in [6.07, 6.45) is 0. The molecule has 0 radical (unpaired) electrons. The number of ether oxygens (including phenoxy) is 4. The summed E-state index contributed by atoms with van der Waals surface area (Å²) in [6.45, 7) is 8.65. The molecule has 1 aliphatic heterocycles. The first-order valence-corrected chi connectivity index (χ1v) is 12.3. The second-order valence-corrected chi connectivity index (χ2v) is 8.82. The molecule has 9 nitrogen and oxygen atoms in total. The van der Waals surface area contributed by atoms with Crippen molar-refractivity contribution in [2.24, 2.45) is 0 Å². The summed E-state index contributed by atoms with van der Waals surface area (Å²) in [5.74, 6) is -0.260. The Labute approximate surface area is 218 Å². The maximum Gasteiger partial charge on any atom is 0.295 e. The Morgan fingerprint density at radius 1 is 0.919 bits per heavy atom. The SMILES string of the molecule is CC[NH+](CC)CCN1C(=O)C(=O)/C(=C(/[O-])c2ccc(OC)c(C)c2)C1c1cc(OC)c(OC)c(OC)c1. The van der Waals surface area contributed by atoms with Gasteiger partial charge in [-0.3, -0.25) is 9.59 Å². The molecule has 1 unspecified atom stereocenters. The molecule has 0 aliphatic carbocycles. The fourth-order valence-corrected chi connectivity index (χ4v) is 4.76. The highest BCUT2D eigenvalue weighted by Gasteiger charge is 2.45. The third kappa shape index (κ3) is 5.36. The number of likely N-dealkylation sites (tertiary alicyclic amines) is 1. The summed E-state index contributed by atoms with van der Waals surface area (Å²) in [6, 6.07) is 7.41. The fraction of sp³-hybridized carbons (Fsp3) is 0.429. The summed E-state index contributed by atoms with van der Waals surface area (Å²) in [5.41, 5.74) is 1.48. The van der Waals surface area contributed by atoms with Crippen LogP contribution in [0.1, 0.15) is 36.6 Å². The molecule has 37 heavy (non-hydrogen) atoms. The number of nitrogens with zero attached hydrogens (tertiary/aromatic N) is 1. The number of methoxy groups -OCH3 is 4. The molecule has 0 spiro atoms. The van der Waals surface area contributed by atoms with Crippen LogP contribution >= 0.6 is 0 Å². The summed E-state index contributed by atoms with van der Waals surface area (Å²) < 4.78 is 21.8. The molecule has 2 aromatic carbocycles. The molecule has 1 N–H and O–H groups in total. The second kappa shape index (κ2) is 12.0. The van der Waals surface area contributed by atoms with Crippen LogP contribution in [0.3, 0.4) is 0 Å². The number of hydrogen-bond acceptors (Lipinski definition) is 7. The van der Waals surface area contributed by atoms with Crippen molar-refractivity contribution < 1.29 is 38.5 Å². The number of carbonyl (C=O) groups excluding carboxylic acids is 2. The molecule has 9 heteroatoms. The van der Waals surface area contributed by atoms with Gasteiger partial charge in [0.15, 0.2) is 11.5 Å². The zero-order chi connectivity index (χ0) is 27.3. The average molecular weight is 513 g/mol. The highest BCUT2D eigenvalue weighted by atomic mass is 16.5. The van der Waals surface area contributed by atoms with Crippen molar-refractivity contribution in [1.82, 2.24) is 4.90 Å². The van der Waals surface area contributed by atoms with Crippen molar-refractivity contribution in [1.29, 1.82) is 0 Å². The molecule has 200 valence electrons. The zero-order valence-corrected chi connectivity index (χ0v) is 22.6. The molecule has 2 aromatic rings. The monoisotopic (exact) mass is 512 g/mol. The predicted molar refractivity (Wildman–Crippen MR) is 137 cm³/mol. The fourth-order valence-electron chi connectivity index (χ4n) is 4.76. The minimum atomic E-state index is -0.904. The van der Waals surface area contributed by atoms with Crippen molar-refractivity contribution in [3.63, 3.8) is 0 Å². The Hall–Kier alpha value is -3.72. The molecule has 1 heterocycles. The number of carbonyl (C=O) groups is 2. The van der Waals surface area contributed by atoms with Crippen molar-refractivity contribution in [2.45, 2.75) is 26.8 Å². The molecule has 0 bridgehead atoms. The lowest BCUT2D eigenvalue weighted by atomic mass is 9.94. The minimum Gasteiger partial charge on any atom is -0.872 e. The molecule has 0 saturated carbocycles. The first-order chi connectivity index (χ1) is 17.8. The Morgan fingerprint density at radius 3 is 2.00 bits per heavy atom. The number of quaternary nitrogens is 1. The molecule has 1 fully saturated rings. The third-order valence-corrected chi connectivity index (χ3v) is 6.90. The number of hydrogen-bond donors (Lipinski definition) is 1. The zero-order valence-electron chi connectivity index (χ0n) is 22.6. The molecular weight excluding hydrogens is 476 g/mol. The van der Waals surface area contributed by atoms with Crippen molar-refractivity contribution in [2.75, 3.05) is 54.6 Å². The summed E-state index contributed by atoms with van der Waals surface area (Å²) in [7, 11) is 6.02. The number of likely N-dealkylation sites (N-methyl/N-ethyl adjacent to an activating group) is 1. The molecule has 0 aromatic heterocycles. The summed E-state index contributed by atoms with van der Waals surface area (Å²) in [4.78, 5) is 29.4. The predicted octanol–water partition coefficient (Wildman–Crippen LogP) is 1.18. The normalized spacial score (nSPS) is 16.9. The number of ketones is 1. The smallest absolute Gasteiger partial charge is 0.295 e. The topological polar surface area (TPSA) is 102 Å². The third-order valence-electron chi connectivity index (χ3n) is 6.90. The van der Waals surface area contributed by atoms with Gasteiger partial charge in [0, 0.05) is 5.57 Å². The van der Waals surface area contributed by atoms with Crippen LogP contribution in [0, 0.1) is 6.92 Å². The van der Waals surface area contributed by atoms with Crippen molar-refractivity contribution in [3.8, 4) is 23.0 Å². The van der Waals surface area contributed by atoms with E-state index in [9.17, 15) is 14.7 Å². The van der Waals surface area contributed by atoms with E-state index in [0.29, 0.717) is 47.2 Å². The highest BCUT2D eigenvalue weighted by Crippen LogP contribution is 2.45. The number of nitrogens with one attached hydrogen (secondary N) is 1. The number of Topliss-reactive ketones (excluding diaryl/α,β-unsaturated/α-hetero) is 1. The van der Waals surface area contributed by atoms with Gasteiger partial charge >= 0.3 is 0 Å². The summed E-state index contributed by atoms with van der Waals surface area (Å²) in [5, 5.41) is 13.8. The van der Waals surface area contributed by atoms with E-state index in [1.807, 2.05) is 6.92 Å². The van der Waals surface area contributed by atoms with Gasteiger partial charge in [-0.25, -0.2) is 0 Å². The second-order valence-electron chi connectivity index (χ2n) is 8.82. The quantitative estimate of drug-likeness (QED) is 0.274. The first kappa shape index (κ1) is 27.9. The number of benzene rings is 2. The Kier molecular flexibility index (Phi) is 9.04. The van der Waals surface area contributed by atoms with Gasteiger partial charge in [-0.2, -0.15) is 0 Å². The maximum absolute atomic E-state index is 13.8. The Balaban J connectivity index is 2.24. The van der Waals surface area contributed by atoms with Gasteiger partial charge in [0.05, 0.1) is 60.7 Å². The Bertz CT molecular complexity index is 1160. The van der Waals surface area contributed by atoms with Crippen LogP contribution in [0.2, 0.25) is 0 Å². The van der Waals surface area contributed by atoms with Crippen molar-refractivity contribution >= 4 is 17.4 Å². The van der Waals surface area contributed by atoms with E-state index in [4.69, 9.17) is 18.9 Å². The molecular formula is C28H36N2O7. The largest absolute Gasteiger partial charge is 0.872 e. The number of amides is 1. The lowest BCUT2D eigenvalue weighted by Gasteiger charge is -2.29. The average Bonchev–Trinajstić information content (AvgIpc) is 3.17. The van der Waals surface area contributed by atoms with E-state index in [-0.39, 0.29) is 5.57 Å². The number of aryl methyl sites for hydroxylation is 1. The van der Waals surface area contributed by atoms with Crippen LogP contribution < -0.4 is 29.0 Å². The molecule has 1 atom stereocenters. The van der Waals surface area contributed by atoms with Gasteiger partial charge in [0.25, 0.3) is 5.91 Å². The maximum atomic E-state index is 13.8. The standard InChI is InChI=1S/C28H36N2O7/c1-8-29(9-2)12-13-30-24(19-15-21(35-5)27(37-7)22(16-19)36-6)23(26(32)28(30)33)25(31)18-10-11-20(34-4)17(3)14-18/h10-11,14-16,24,31H,8-9,12-13H2,1-7H3/b25-23+. The molecule has 1 amide bonds. The molecule has 1 aliphatic rings. The van der Waals surface area contributed by atoms with Crippen molar-refractivity contribution in [3.05, 3.63) is 52.6 Å². The van der Waals surface area contributed by atoms with Crippen LogP contribution in [-0.2, 0) is 9.59 Å².